The van der Waals surface area contributed by atoms with E-state index in [1.54, 1.807) is 14.2 Å². The lowest BCUT2D eigenvalue weighted by atomic mass is 10.00. The van der Waals surface area contributed by atoms with Gasteiger partial charge in [0.1, 0.15) is 0 Å². The summed E-state index contributed by atoms with van der Waals surface area (Å²) in [6.07, 6.45) is 9.37. The highest BCUT2D eigenvalue weighted by Gasteiger charge is 2.14. The fourth-order valence-corrected chi connectivity index (χ4v) is 3.12. The summed E-state index contributed by atoms with van der Waals surface area (Å²) in [6, 6.07) is 0. The molecule has 0 N–H and O–H groups in total. The van der Waals surface area contributed by atoms with Crippen molar-refractivity contribution in [3.05, 3.63) is 0 Å². The van der Waals surface area contributed by atoms with Crippen LogP contribution in [0.25, 0.3) is 0 Å². The molecule has 0 aliphatic carbocycles. The molecule has 0 aliphatic rings. The van der Waals surface area contributed by atoms with Gasteiger partial charge < -0.3 is 18.9 Å². The van der Waals surface area contributed by atoms with Crippen molar-refractivity contribution in [1.29, 1.82) is 0 Å². The minimum absolute atomic E-state index is 0.238. The van der Waals surface area contributed by atoms with Gasteiger partial charge in [-0.2, -0.15) is 0 Å². The first-order chi connectivity index (χ1) is 14.1. The van der Waals surface area contributed by atoms with E-state index in [1.165, 1.54) is 0 Å². The third-order valence-electron chi connectivity index (χ3n) is 5.11. The van der Waals surface area contributed by atoms with Crippen LogP contribution in [0.5, 0.6) is 0 Å². The zero-order valence-corrected chi connectivity index (χ0v) is 19.2. The van der Waals surface area contributed by atoms with Gasteiger partial charge in [-0.1, -0.05) is 39.5 Å². The van der Waals surface area contributed by atoms with Crippen LogP contribution >= 0.6 is 0 Å². The molecule has 0 aliphatic heterocycles. The summed E-state index contributed by atoms with van der Waals surface area (Å²) in [7, 11) is 3.37. The SMILES string of the molecule is CCCCC(CCOC)COC(=O)CCCC(=O)OCC(CCCC)CCOC. The molecule has 0 bridgehead atoms. The predicted octanol–water partition coefficient (Wildman–Crippen LogP) is 4.93. The molecule has 0 saturated carbocycles. The van der Waals surface area contributed by atoms with Crippen LogP contribution in [-0.2, 0) is 28.5 Å². The number of ether oxygens (including phenoxy) is 4. The van der Waals surface area contributed by atoms with E-state index in [9.17, 15) is 9.59 Å². The summed E-state index contributed by atoms with van der Waals surface area (Å²) in [5.41, 5.74) is 0. The lowest BCUT2D eigenvalue weighted by molar-refractivity contribution is -0.147. The van der Waals surface area contributed by atoms with Gasteiger partial charge >= 0.3 is 11.9 Å². The standard InChI is InChI=1S/C23H44O6/c1-5-7-10-20(14-16-26-3)18-28-22(24)12-9-13-23(25)29-19-21(11-8-6-2)15-17-27-4/h20-21H,5-19H2,1-4H3. The summed E-state index contributed by atoms with van der Waals surface area (Å²) >= 11 is 0. The number of carbonyl (C=O) groups is 2. The highest BCUT2D eigenvalue weighted by molar-refractivity contribution is 5.72. The molecule has 2 atom stereocenters. The maximum atomic E-state index is 12.0. The van der Waals surface area contributed by atoms with Crippen LogP contribution in [0.3, 0.4) is 0 Å². The first kappa shape index (κ1) is 27.9. The molecule has 0 spiro atoms. The molecule has 6 heteroatoms. The lowest BCUT2D eigenvalue weighted by Crippen LogP contribution is -2.17. The number of hydrogen-bond acceptors (Lipinski definition) is 6. The van der Waals surface area contributed by atoms with Crippen molar-refractivity contribution in [2.24, 2.45) is 11.8 Å². The normalized spacial score (nSPS) is 13.1. The van der Waals surface area contributed by atoms with Gasteiger partial charge in [-0.3, -0.25) is 9.59 Å². The third-order valence-corrected chi connectivity index (χ3v) is 5.11. The summed E-state index contributed by atoms with van der Waals surface area (Å²) in [6.45, 7) is 6.55. The minimum atomic E-state index is -0.238. The Morgan fingerprint density at radius 2 is 1.07 bits per heavy atom. The van der Waals surface area contributed by atoms with Gasteiger partial charge in [0.25, 0.3) is 0 Å². The highest BCUT2D eigenvalue weighted by atomic mass is 16.5. The van der Waals surface area contributed by atoms with Gasteiger partial charge in [0, 0.05) is 40.3 Å². The van der Waals surface area contributed by atoms with Gasteiger partial charge in [-0.15, -0.1) is 0 Å². The lowest BCUT2D eigenvalue weighted by Gasteiger charge is -2.17. The van der Waals surface area contributed by atoms with Crippen LogP contribution in [0, 0.1) is 11.8 Å². The van der Waals surface area contributed by atoms with Crippen molar-refractivity contribution in [2.45, 2.75) is 84.5 Å². The second-order valence-electron chi connectivity index (χ2n) is 7.80. The van der Waals surface area contributed by atoms with Crippen molar-refractivity contribution < 1.29 is 28.5 Å². The average Bonchev–Trinajstić information content (AvgIpc) is 2.72. The zero-order chi connectivity index (χ0) is 21.7. The first-order valence-electron chi connectivity index (χ1n) is 11.4. The van der Waals surface area contributed by atoms with E-state index in [-0.39, 0.29) is 24.8 Å². The zero-order valence-electron chi connectivity index (χ0n) is 19.2. The Morgan fingerprint density at radius 3 is 1.41 bits per heavy atom. The number of rotatable bonds is 20. The summed E-state index contributed by atoms with van der Waals surface area (Å²) in [4.78, 5) is 23.9. The van der Waals surface area contributed by atoms with Gasteiger partial charge in [-0.05, 0) is 43.9 Å². The molecule has 0 fully saturated rings. The molecule has 6 nitrogen and oxygen atoms in total. The van der Waals surface area contributed by atoms with Gasteiger partial charge in [0.15, 0.2) is 0 Å². The second-order valence-corrected chi connectivity index (χ2v) is 7.80. The van der Waals surface area contributed by atoms with E-state index in [0.29, 0.717) is 44.7 Å². The number of carbonyl (C=O) groups excluding carboxylic acids is 2. The maximum absolute atomic E-state index is 12.0. The summed E-state index contributed by atoms with van der Waals surface area (Å²) < 4.78 is 21.1. The molecule has 0 aromatic heterocycles. The third kappa shape index (κ3) is 17.4. The Hall–Kier alpha value is -1.14. The van der Waals surface area contributed by atoms with Crippen molar-refractivity contribution in [3.63, 3.8) is 0 Å². The Kier molecular flexibility index (Phi) is 19.4. The molecule has 0 rings (SSSR count). The number of methoxy groups -OCH3 is 2. The molecule has 0 radical (unpaired) electrons. The van der Waals surface area contributed by atoms with Crippen molar-refractivity contribution in [3.8, 4) is 0 Å². The van der Waals surface area contributed by atoms with Crippen molar-refractivity contribution in [2.75, 3.05) is 40.6 Å². The van der Waals surface area contributed by atoms with E-state index in [2.05, 4.69) is 13.8 Å². The molecule has 0 saturated heterocycles. The van der Waals surface area contributed by atoms with E-state index in [4.69, 9.17) is 18.9 Å². The fraction of sp³-hybridized carbons (Fsp3) is 0.913. The van der Waals surface area contributed by atoms with Crippen molar-refractivity contribution in [1.82, 2.24) is 0 Å². The van der Waals surface area contributed by atoms with Crippen LogP contribution in [0.1, 0.15) is 84.5 Å². The first-order valence-corrected chi connectivity index (χ1v) is 11.4. The molecular formula is C23H44O6. The predicted molar refractivity (Wildman–Crippen MR) is 115 cm³/mol. The van der Waals surface area contributed by atoms with Gasteiger partial charge in [0.2, 0.25) is 0 Å². The van der Waals surface area contributed by atoms with E-state index < -0.39 is 0 Å². The molecule has 29 heavy (non-hydrogen) atoms. The average molecular weight is 417 g/mol. The van der Waals surface area contributed by atoms with E-state index in [0.717, 1.165) is 51.4 Å². The molecule has 0 aromatic rings. The summed E-state index contributed by atoms with van der Waals surface area (Å²) in [5.74, 6) is 0.210. The molecule has 2 unspecified atom stereocenters. The molecule has 0 amide bonds. The quantitative estimate of drug-likeness (QED) is 0.262. The number of esters is 2. The molecule has 0 heterocycles. The van der Waals surface area contributed by atoms with Crippen LogP contribution in [0.15, 0.2) is 0 Å². The van der Waals surface area contributed by atoms with E-state index >= 15 is 0 Å². The van der Waals surface area contributed by atoms with E-state index in [1.807, 2.05) is 0 Å². The largest absolute Gasteiger partial charge is 0.465 e. The molecule has 172 valence electrons. The monoisotopic (exact) mass is 416 g/mol. The van der Waals surface area contributed by atoms with Crippen LogP contribution in [-0.4, -0.2) is 52.6 Å². The van der Waals surface area contributed by atoms with Crippen LogP contribution in [0.2, 0.25) is 0 Å². The fourth-order valence-electron chi connectivity index (χ4n) is 3.12. The van der Waals surface area contributed by atoms with Gasteiger partial charge in [0.05, 0.1) is 13.2 Å². The summed E-state index contributed by atoms with van der Waals surface area (Å²) in [5, 5.41) is 0. The topological polar surface area (TPSA) is 71.1 Å². The number of hydrogen-bond donors (Lipinski definition) is 0. The van der Waals surface area contributed by atoms with Gasteiger partial charge in [-0.25, -0.2) is 0 Å². The Balaban J connectivity index is 4.00. The Labute approximate surface area is 178 Å². The van der Waals surface area contributed by atoms with Crippen LogP contribution in [0.4, 0.5) is 0 Å². The maximum Gasteiger partial charge on any atom is 0.305 e. The second kappa shape index (κ2) is 20.1. The Bertz CT molecular complexity index is 347. The Morgan fingerprint density at radius 1 is 0.655 bits per heavy atom. The number of unbranched alkanes of at least 4 members (excludes halogenated alkanes) is 2. The van der Waals surface area contributed by atoms with Crippen LogP contribution < -0.4 is 0 Å². The smallest absolute Gasteiger partial charge is 0.305 e. The minimum Gasteiger partial charge on any atom is -0.465 e. The van der Waals surface area contributed by atoms with Crippen molar-refractivity contribution >= 4 is 11.9 Å². The molecule has 0 aromatic carbocycles. The molecular weight excluding hydrogens is 372 g/mol. The highest BCUT2D eigenvalue weighted by Crippen LogP contribution is 2.15.